The number of carbonyl (C=O) groups excluding carboxylic acids is 1. The van der Waals surface area contributed by atoms with Gasteiger partial charge < -0.3 is 5.32 Å². The first-order chi connectivity index (χ1) is 11.2. The molecule has 0 saturated carbocycles. The minimum atomic E-state index is -0.209. The Bertz CT molecular complexity index is 761. The van der Waals surface area contributed by atoms with Gasteiger partial charge in [0.15, 0.2) is 5.17 Å². The number of nitrogens with zero attached hydrogens (tertiary/aromatic N) is 2. The zero-order valence-corrected chi connectivity index (χ0v) is 13.7. The molecule has 0 bridgehead atoms. The van der Waals surface area contributed by atoms with Crippen molar-refractivity contribution >= 4 is 40.7 Å². The maximum Gasteiger partial charge on any atom is 0.239 e. The van der Waals surface area contributed by atoms with E-state index >= 15 is 0 Å². The molecule has 2 aromatic carbocycles. The Labute approximate surface area is 143 Å². The predicted molar refractivity (Wildman–Crippen MR) is 96.1 cm³/mol. The van der Waals surface area contributed by atoms with Crippen molar-refractivity contribution in [2.45, 2.75) is 11.7 Å². The van der Waals surface area contributed by atoms with Crippen LogP contribution in [0.1, 0.15) is 11.1 Å². The number of nitrogens with one attached hydrogen (secondary N) is 1. The molecule has 23 heavy (non-hydrogen) atoms. The summed E-state index contributed by atoms with van der Waals surface area (Å²) < 4.78 is 0. The summed E-state index contributed by atoms with van der Waals surface area (Å²) in [5, 5.41) is 11.8. The van der Waals surface area contributed by atoms with E-state index in [-0.39, 0.29) is 11.2 Å². The van der Waals surface area contributed by atoms with Crippen LogP contribution in [0.4, 0.5) is 0 Å². The quantitative estimate of drug-likeness (QED) is 0.682. The summed E-state index contributed by atoms with van der Waals surface area (Å²) in [6.45, 7) is 0. The van der Waals surface area contributed by atoms with E-state index < -0.39 is 0 Å². The summed E-state index contributed by atoms with van der Waals surface area (Å²) in [7, 11) is 0. The minimum Gasteiger partial charge on any atom is -0.303 e. The highest BCUT2D eigenvalue weighted by atomic mass is 35.5. The lowest BCUT2D eigenvalue weighted by Gasteiger charge is -2.05. The van der Waals surface area contributed by atoms with Gasteiger partial charge in [-0.05, 0) is 29.7 Å². The molecule has 0 radical (unpaired) electrons. The third kappa shape index (κ3) is 4.43. The van der Waals surface area contributed by atoms with Crippen molar-refractivity contribution in [2.75, 3.05) is 0 Å². The van der Waals surface area contributed by atoms with Gasteiger partial charge in [-0.25, -0.2) is 0 Å². The molecule has 1 amide bonds. The number of carbonyl (C=O) groups is 1. The molecule has 3 rings (SSSR count). The molecule has 116 valence electrons. The van der Waals surface area contributed by atoms with Crippen LogP contribution in [0.2, 0.25) is 5.02 Å². The van der Waals surface area contributed by atoms with E-state index in [1.807, 2.05) is 54.6 Å². The van der Waals surface area contributed by atoms with Gasteiger partial charge in [-0.15, -0.1) is 5.10 Å². The molecule has 1 aliphatic heterocycles. The van der Waals surface area contributed by atoms with Crippen LogP contribution in [-0.2, 0) is 11.2 Å². The predicted octanol–water partition coefficient (Wildman–Crippen LogP) is 3.50. The maximum absolute atomic E-state index is 12.0. The second-order valence-corrected chi connectivity index (χ2v) is 6.62. The van der Waals surface area contributed by atoms with Crippen molar-refractivity contribution in [2.24, 2.45) is 10.2 Å². The Morgan fingerprint density at radius 1 is 1.17 bits per heavy atom. The highest BCUT2D eigenvalue weighted by Gasteiger charge is 2.30. The molecule has 1 heterocycles. The standard InChI is InChI=1S/C17H14ClN3OS/c18-14-8-4-7-13(9-14)10-15-16(22)20-17(23-15)21-19-11-12-5-2-1-3-6-12/h1-9,11,15H,10H2,(H,20,21,22)/b19-11+. The Morgan fingerprint density at radius 2 is 2.00 bits per heavy atom. The average Bonchev–Trinajstić information content (AvgIpc) is 2.88. The molecule has 6 heteroatoms. The van der Waals surface area contributed by atoms with Crippen LogP contribution in [0, 0.1) is 0 Å². The second kappa shape index (κ2) is 7.44. The zero-order chi connectivity index (χ0) is 16.1. The first-order valence-electron chi connectivity index (χ1n) is 7.09. The van der Waals surface area contributed by atoms with Crippen LogP contribution in [0.15, 0.2) is 64.8 Å². The van der Waals surface area contributed by atoms with Crippen LogP contribution in [0.3, 0.4) is 0 Å². The number of rotatable bonds is 4. The Hall–Kier alpha value is -2.11. The maximum atomic E-state index is 12.0. The molecule has 1 N–H and O–H groups in total. The van der Waals surface area contributed by atoms with Crippen LogP contribution < -0.4 is 5.32 Å². The summed E-state index contributed by atoms with van der Waals surface area (Å²) >= 11 is 7.36. The van der Waals surface area contributed by atoms with E-state index in [1.165, 1.54) is 11.8 Å². The lowest BCUT2D eigenvalue weighted by molar-refractivity contribution is -0.118. The zero-order valence-electron chi connectivity index (χ0n) is 12.1. The fourth-order valence-electron chi connectivity index (χ4n) is 2.15. The van der Waals surface area contributed by atoms with E-state index in [0.29, 0.717) is 16.6 Å². The number of halogens is 1. The highest BCUT2D eigenvalue weighted by molar-refractivity contribution is 8.15. The van der Waals surface area contributed by atoms with Gasteiger partial charge in [-0.3, -0.25) is 4.79 Å². The van der Waals surface area contributed by atoms with Gasteiger partial charge in [0, 0.05) is 5.02 Å². The third-order valence-electron chi connectivity index (χ3n) is 3.24. The fraction of sp³-hybridized carbons (Fsp3) is 0.118. The third-order valence-corrected chi connectivity index (χ3v) is 4.55. The molecule has 0 aliphatic carbocycles. The van der Waals surface area contributed by atoms with Crippen molar-refractivity contribution in [3.05, 3.63) is 70.7 Å². The minimum absolute atomic E-state index is 0.0522. The monoisotopic (exact) mass is 343 g/mol. The summed E-state index contributed by atoms with van der Waals surface area (Å²) in [6, 6.07) is 17.2. The molecule has 1 fully saturated rings. The van der Waals surface area contributed by atoms with Crippen molar-refractivity contribution in [1.82, 2.24) is 5.32 Å². The first-order valence-corrected chi connectivity index (χ1v) is 8.34. The molecular formula is C17H14ClN3OS. The molecule has 4 nitrogen and oxygen atoms in total. The van der Waals surface area contributed by atoms with Gasteiger partial charge in [0.2, 0.25) is 5.91 Å². The van der Waals surface area contributed by atoms with Crippen molar-refractivity contribution < 1.29 is 4.79 Å². The molecule has 0 aromatic heterocycles. The Kier molecular flexibility index (Phi) is 5.10. The van der Waals surface area contributed by atoms with Gasteiger partial charge in [0.05, 0.1) is 11.5 Å². The van der Waals surface area contributed by atoms with E-state index in [1.54, 1.807) is 6.21 Å². The summed E-state index contributed by atoms with van der Waals surface area (Å²) in [6.07, 6.45) is 2.27. The van der Waals surface area contributed by atoms with Crippen LogP contribution >= 0.6 is 23.4 Å². The van der Waals surface area contributed by atoms with Gasteiger partial charge in [-0.1, -0.05) is 65.8 Å². The van der Waals surface area contributed by atoms with Crippen LogP contribution in [0.5, 0.6) is 0 Å². The first kappa shape index (κ1) is 15.8. The van der Waals surface area contributed by atoms with E-state index in [4.69, 9.17) is 11.6 Å². The summed E-state index contributed by atoms with van der Waals surface area (Å²) in [4.78, 5) is 12.0. The molecular weight excluding hydrogens is 330 g/mol. The molecule has 0 spiro atoms. The smallest absolute Gasteiger partial charge is 0.239 e. The lowest BCUT2D eigenvalue weighted by Crippen LogP contribution is -2.25. The van der Waals surface area contributed by atoms with Crippen molar-refractivity contribution in [3.8, 4) is 0 Å². The molecule has 1 unspecified atom stereocenters. The molecule has 1 saturated heterocycles. The normalized spacial score (nSPS) is 19.4. The van der Waals surface area contributed by atoms with Gasteiger partial charge in [0.25, 0.3) is 0 Å². The Balaban J connectivity index is 1.63. The number of amidine groups is 1. The van der Waals surface area contributed by atoms with Gasteiger partial charge >= 0.3 is 0 Å². The number of hydrogen-bond donors (Lipinski definition) is 1. The number of hydrogen-bond acceptors (Lipinski definition) is 4. The number of thioether (sulfide) groups is 1. The van der Waals surface area contributed by atoms with E-state index in [9.17, 15) is 4.79 Å². The number of benzene rings is 2. The van der Waals surface area contributed by atoms with Crippen molar-refractivity contribution in [3.63, 3.8) is 0 Å². The fourth-order valence-corrected chi connectivity index (χ4v) is 3.33. The van der Waals surface area contributed by atoms with Crippen LogP contribution in [-0.4, -0.2) is 22.5 Å². The summed E-state index contributed by atoms with van der Waals surface area (Å²) in [5.41, 5.74) is 1.99. The van der Waals surface area contributed by atoms with Crippen LogP contribution in [0.25, 0.3) is 0 Å². The average molecular weight is 344 g/mol. The van der Waals surface area contributed by atoms with E-state index in [0.717, 1.165) is 11.1 Å². The highest BCUT2D eigenvalue weighted by Crippen LogP contribution is 2.24. The van der Waals surface area contributed by atoms with Gasteiger partial charge in [-0.2, -0.15) is 5.10 Å². The second-order valence-electron chi connectivity index (χ2n) is 4.99. The lowest BCUT2D eigenvalue weighted by atomic mass is 10.1. The largest absolute Gasteiger partial charge is 0.303 e. The van der Waals surface area contributed by atoms with E-state index in [2.05, 4.69) is 15.5 Å². The molecule has 1 atom stereocenters. The molecule has 1 aliphatic rings. The topological polar surface area (TPSA) is 53.8 Å². The van der Waals surface area contributed by atoms with Crippen molar-refractivity contribution in [1.29, 1.82) is 0 Å². The Morgan fingerprint density at radius 3 is 2.78 bits per heavy atom. The number of amides is 1. The SMILES string of the molecule is O=C1N/C(=N/N=C/c2ccccc2)SC1Cc1cccc(Cl)c1. The van der Waals surface area contributed by atoms with Gasteiger partial charge in [0.1, 0.15) is 0 Å². The summed E-state index contributed by atoms with van der Waals surface area (Å²) in [5.74, 6) is -0.0522. The molecule has 2 aromatic rings.